The summed E-state index contributed by atoms with van der Waals surface area (Å²) >= 11 is 1.24. The molecule has 19 heavy (non-hydrogen) atoms. The molecule has 0 radical (unpaired) electrons. The van der Waals surface area contributed by atoms with E-state index in [0.29, 0.717) is 29.0 Å². The van der Waals surface area contributed by atoms with Gasteiger partial charge < -0.3 is 10.5 Å². The molecule has 0 aromatic heterocycles. The van der Waals surface area contributed by atoms with Crippen molar-refractivity contribution < 1.29 is 14.3 Å². The van der Waals surface area contributed by atoms with E-state index >= 15 is 0 Å². The van der Waals surface area contributed by atoms with Gasteiger partial charge in [-0.2, -0.15) is 0 Å². The molecule has 0 aliphatic carbocycles. The Bertz CT molecular complexity index is 543. The number of anilines is 1. The highest BCUT2D eigenvalue weighted by atomic mass is 32.2. The van der Waals surface area contributed by atoms with Gasteiger partial charge in [-0.05, 0) is 18.2 Å². The van der Waals surface area contributed by atoms with Gasteiger partial charge in [-0.3, -0.25) is 4.79 Å². The van der Waals surface area contributed by atoms with Gasteiger partial charge in [-0.15, -0.1) is 0 Å². The molecule has 2 N–H and O–H groups in total. The Morgan fingerprint density at radius 2 is 2.11 bits per heavy atom. The standard InChI is InChI=1S/C14H15NO3S/c1-10(16)19-6-4-3-5-11-7-12(14(17)18-2)9-13(15)8-11/h7-9H,4,6,15H2,1-2H3. The SMILES string of the molecule is COC(=O)c1cc(N)cc(C#CCCSC(C)=O)c1. The van der Waals surface area contributed by atoms with E-state index in [1.54, 1.807) is 18.2 Å². The smallest absolute Gasteiger partial charge is 0.337 e. The van der Waals surface area contributed by atoms with Crippen LogP contribution in [0.25, 0.3) is 0 Å². The highest BCUT2D eigenvalue weighted by Crippen LogP contribution is 2.12. The first kappa shape index (κ1) is 15.1. The maximum atomic E-state index is 11.4. The van der Waals surface area contributed by atoms with Crippen LogP contribution < -0.4 is 5.73 Å². The number of carbonyl (C=O) groups excluding carboxylic acids is 2. The van der Waals surface area contributed by atoms with E-state index in [4.69, 9.17) is 5.73 Å². The van der Waals surface area contributed by atoms with Crippen LogP contribution >= 0.6 is 11.8 Å². The van der Waals surface area contributed by atoms with E-state index in [0.717, 1.165) is 0 Å². The number of carbonyl (C=O) groups is 2. The Hall–Kier alpha value is -1.93. The van der Waals surface area contributed by atoms with Crippen LogP contribution in [0.4, 0.5) is 5.69 Å². The third-order valence-corrected chi connectivity index (χ3v) is 2.96. The van der Waals surface area contributed by atoms with Gasteiger partial charge >= 0.3 is 5.97 Å². The lowest BCUT2D eigenvalue weighted by atomic mass is 10.1. The Kier molecular flexibility index (Phi) is 5.97. The normalized spacial score (nSPS) is 9.37. The molecule has 0 heterocycles. The van der Waals surface area contributed by atoms with Crippen molar-refractivity contribution in [3.8, 4) is 11.8 Å². The van der Waals surface area contributed by atoms with Crippen molar-refractivity contribution in [2.24, 2.45) is 0 Å². The van der Waals surface area contributed by atoms with Gasteiger partial charge in [0.15, 0.2) is 5.12 Å². The second-order valence-corrected chi connectivity index (χ2v) is 5.00. The maximum absolute atomic E-state index is 11.4. The average molecular weight is 277 g/mol. The second kappa shape index (κ2) is 7.49. The molecule has 1 aromatic carbocycles. The first-order chi connectivity index (χ1) is 9.02. The first-order valence-electron chi connectivity index (χ1n) is 5.64. The number of methoxy groups -OCH3 is 1. The number of hydrogen-bond acceptors (Lipinski definition) is 5. The van der Waals surface area contributed by atoms with Gasteiger partial charge in [0.25, 0.3) is 0 Å². The highest BCUT2D eigenvalue weighted by molar-refractivity contribution is 8.13. The molecule has 5 heteroatoms. The van der Waals surface area contributed by atoms with Gasteiger partial charge in [0, 0.05) is 30.3 Å². The van der Waals surface area contributed by atoms with E-state index in [9.17, 15) is 9.59 Å². The summed E-state index contributed by atoms with van der Waals surface area (Å²) in [6.45, 7) is 1.53. The van der Waals surface area contributed by atoms with Crippen LogP contribution in [0.15, 0.2) is 18.2 Å². The van der Waals surface area contributed by atoms with E-state index < -0.39 is 5.97 Å². The molecule has 1 rings (SSSR count). The van der Waals surface area contributed by atoms with Gasteiger partial charge in [0.05, 0.1) is 12.7 Å². The number of rotatable bonds is 3. The molecule has 0 amide bonds. The molecule has 0 bridgehead atoms. The zero-order chi connectivity index (χ0) is 14.3. The third-order valence-electron chi connectivity index (χ3n) is 2.14. The van der Waals surface area contributed by atoms with Crippen molar-refractivity contribution in [2.45, 2.75) is 13.3 Å². The summed E-state index contributed by atoms with van der Waals surface area (Å²) < 4.78 is 4.63. The van der Waals surface area contributed by atoms with Crippen LogP contribution in [0.3, 0.4) is 0 Å². The summed E-state index contributed by atoms with van der Waals surface area (Å²) in [6.07, 6.45) is 0.604. The minimum atomic E-state index is -0.442. The molecule has 0 aliphatic rings. The maximum Gasteiger partial charge on any atom is 0.337 e. The quantitative estimate of drug-likeness (QED) is 0.396. The summed E-state index contributed by atoms with van der Waals surface area (Å²) in [5, 5.41) is 0.0822. The Morgan fingerprint density at radius 3 is 2.74 bits per heavy atom. The molecule has 0 aliphatic heterocycles. The fraction of sp³-hybridized carbons (Fsp3) is 0.286. The number of nitrogen functional groups attached to an aromatic ring is 1. The molecule has 0 unspecified atom stereocenters. The Balaban J connectivity index is 2.73. The molecule has 0 atom stereocenters. The van der Waals surface area contributed by atoms with Crippen LogP contribution in [0.5, 0.6) is 0 Å². The summed E-state index contributed by atoms with van der Waals surface area (Å²) in [6, 6.07) is 4.87. The van der Waals surface area contributed by atoms with Crippen molar-refractivity contribution in [3.05, 3.63) is 29.3 Å². The third kappa shape index (κ3) is 5.49. The van der Waals surface area contributed by atoms with Crippen molar-refractivity contribution >= 4 is 28.5 Å². The molecule has 4 nitrogen and oxygen atoms in total. The number of benzene rings is 1. The summed E-state index contributed by atoms with van der Waals surface area (Å²) in [5.74, 6) is 6.07. The summed E-state index contributed by atoms with van der Waals surface area (Å²) in [5.41, 5.74) is 7.20. The number of hydrogen-bond donors (Lipinski definition) is 1. The molecule has 100 valence electrons. The summed E-state index contributed by atoms with van der Waals surface area (Å²) in [7, 11) is 1.32. The van der Waals surface area contributed by atoms with E-state index in [1.807, 2.05) is 0 Å². The van der Waals surface area contributed by atoms with Gasteiger partial charge in [0.1, 0.15) is 0 Å². The lowest BCUT2D eigenvalue weighted by molar-refractivity contribution is -0.109. The van der Waals surface area contributed by atoms with E-state index in [-0.39, 0.29) is 5.12 Å². The molecule has 0 spiro atoms. The fourth-order valence-electron chi connectivity index (χ4n) is 1.37. The molecular formula is C14H15NO3S. The zero-order valence-electron chi connectivity index (χ0n) is 10.9. The van der Waals surface area contributed by atoms with Crippen molar-refractivity contribution in [3.63, 3.8) is 0 Å². The van der Waals surface area contributed by atoms with E-state index in [1.165, 1.54) is 25.8 Å². The number of esters is 1. The molecule has 0 saturated heterocycles. The van der Waals surface area contributed by atoms with Crippen molar-refractivity contribution in [1.82, 2.24) is 0 Å². The second-order valence-electron chi connectivity index (χ2n) is 3.73. The molecular weight excluding hydrogens is 262 g/mol. The van der Waals surface area contributed by atoms with Gasteiger partial charge in [0.2, 0.25) is 0 Å². The fourth-order valence-corrected chi connectivity index (χ4v) is 1.86. The molecule has 0 saturated carbocycles. The minimum Gasteiger partial charge on any atom is -0.465 e. The topological polar surface area (TPSA) is 69.4 Å². The highest BCUT2D eigenvalue weighted by Gasteiger charge is 2.06. The number of nitrogens with two attached hydrogens (primary N) is 1. The predicted molar refractivity (Wildman–Crippen MR) is 76.8 cm³/mol. The number of ether oxygens (including phenoxy) is 1. The largest absolute Gasteiger partial charge is 0.465 e. The summed E-state index contributed by atoms with van der Waals surface area (Å²) in [4.78, 5) is 22.1. The molecule has 0 fully saturated rings. The monoisotopic (exact) mass is 277 g/mol. The van der Waals surface area contributed by atoms with Gasteiger partial charge in [-0.25, -0.2) is 4.79 Å². The van der Waals surface area contributed by atoms with Crippen LogP contribution in [0.2, 0.25) is 0 Å². The average Bonchev–Trinajstić information content (AvgIpc) is 2.36. The van der Waals surface area contributed by atoms with Crippen LogP contribution in [-0.2, 0) is 9.53 Å². The lowest BCUT2D eigenvalue weighted by Crippen LogP contribution is -2.02. The van der Waals surface area contributed by atoms with Crippen LogP contribution in [0, 0.1) is 11.8 Å². The zero-order valence-corrected chi connectivity index (χ0v) is 11.7. The van der Waals surface area contributed by atoms with Gasteiger partial charge in [-0.1, -0.05) is 23.6 Å². The Morgan fingerprint density at radius 1 is 1.37 bits per heavy atom. The van der Waals surface area contributed by atoms with Crippen LogP contribution in [-0.4, -0.2) is 23.9 Å². The number of thioether (sulfide) groups is 1. The lowest BCUT2D eigenvalue weighted by Gasteiger charge is -2.01. The predicted octanol–water partition coefficient (Wildman–Crippen LogP) is 2.08. The van der Waals surface area contributed by atoms with Crippen molar-refractivity contribution in [1.29, 1.82) is 0 Å². The first-order valence-corrected chi connectivity index (χ1v) is 6.62. The molecule has 1 aromatic rings. The minimum absolute atomic E-state index is 0.0822. The Labute approximate surface area is 116 Å². The van der Waals surface area contributed by atoms with Crippen molar-refractivity contribution in [2.75, 3.05) is 18.6 Å². The van der Waals surface area contributed by atoms with E-state index in [2.05, 4.69) is 16.6 Å². The van der Waals surface area contributed by atoms with Crippen LogP contribution in [0.1, 0.15) is 29.3 Å².